The average Bonchev–Trinajstić information content (AvgIpc) is 3.25. The Kier molecular flexibility index (Phi) is 47.7. The Labute approximate surface area is 372 Å². The van der Waals surface area contributed by atoms with Gasteiger partial charge in [-0.3, -0.25) is 9.59 Å². The molecule has 2 atom stereocenters. The van der Waals surface area contributed by atoms with E-state index in [2.05, 4.69) is 67.8 Å². The molecule has 2 unspecified atom stereocenters. The topological polar surface area (TPSA) is 95.9 Å². The number of amides is 1. The Morgan fingerprint density at radius 2 is 0.867 bits per heavy atom. The van der Waals surface area contributed by atoms with Crippen molar-refractivity contribution < 1.29 is 24.5 Å². The first kappa shape index (κ1) is 57.8. The smallest absolute Gasteiger partial charge is 0.305 e. The van der Waals surface area contributed by atoms with E-state index in [-0.39, 0.29) is 18.5 Å². The fourth-order valence-electron chi connectivity index (χ4n) is 7.59. The summed E-state index contributed by atoms with van der Waals surface area (Å²) in [5.74, 6) is -0.0847. The number of rotatable bonds is 47. The third-order valence-corrected chi connectivity index (χ3v) is 11.6. The SMILES string of the molecule is CCC/C=C\C/C=C\CCCCCCCC(=O)OCCCCC/C=C\C/C=C\CCCCCCCCCC(=O)NC(CO)C(O)CCCCCCCCCCCCCCC. The zero-order valence-corrected chi connectivity index (χ0v) is 39.7. The lowest BCUT2D eigenvalue weighted by atomic mass is 10.0. The molecule has 0 rings (SSSR count). The second kappa shape index (κ2) is 49.5. The van der Waals surface area contributed by atoms with E-state index in [1.54, 1.807) is 0 Å². The summed E-state index contributed by atoms with van der Waals surface area (Å²) in [5.41, 5.74) is 0. The van der Waals surface area contributed by atoms with Crippen molar-refractivity contribution in [3.8, 4) is 0 Å². The summed E-state index contributed by atoms with van der Waals surface area (Å²) in [6.45, 7) is 4.82. The third kappa shape index (κ3) is 45.3. The van der Waals surface area contributed by atoms with Crippen LogP contribution in [0.15, 0.2) is 48.6 Å². The summed E-state index contributed by atoms with van der Waals surface area (Å²) in [6.07, 6.45) is 60.8. The summed E-state index contributed by atoms with van der Waals surface area (Å²) in [4.78, 5) is 24.4. The fourth-order valence-corrected chi connectivity index (χ4v) is 7.59. The van der Waals surface area contributed by atoms with Crippen molar-refractivity contribution in [1.29, 1.82) is 0 Å². The molecule has 60 heavy (non-hydrogen) atoms. The predicted molar refractivity (Wildman–Crippen MR) is 259 cm³/mol. The molecular formula is C54H99NO5. The van der Waals surface area contributed by atoms with E-state index in [4.69, 9.17) is 4.74 Å². The highest BCUT2D eigenvalue weighted by Gasteiger charge is 2.20. The molecular weight excluding hydrogens is 743 g/mol. The van der Waals surface area contributed by atoms with Crippen LogP contribution < -0.4 is 5.32 Å². The van der Waals surface area contributed by atoms with Crippen LogP contribution in [0.25, 0.3) is 0 Å². The van der Waals surface area contributed by atoms with Crippen molar-refractivity contribution in [2.24, 2.45) is 0 Å². The van der Waals surface area contributed by atoms with Gasteiger partial charge in [0, 0.05) is 12.8 Å². The van der Waals surface area contributed by atoms with Crippen molar-refractivity contribution in [2.45, 2.75) is 270 Å². The molecule has 0 aromatic rings. The second-order valence-electron chi connectivity index (χ2n) is 17.5. The summed E-state index contributed by atoms with van der Waals surface area (Å²) >= 11 is 0. The van der Waals surface area contributed by atoms with Gasteiger partial charge in [-0.05, 0) is 89.9 Å². The maximum atomic E-state index is 12.4. The van der Waals surface area contributed by atoms with Crippen molar-refractivity contribution >= 4 is 11.9 Å². The van der Waals surface area contributed by atoms with E-state index < -0.39 is 12.1 Å². The molecule has 0 aromatic carbocycles. The highest BCUT2D eigenvalue weighted by atomic mass is 16.5. The standard InChI is InChI=1S/C54H99NO5/c1-3-5-7-9-11-13-15-22-26-30-34-38-42-46-52(57)51(50-56)55-53(58)47-43-39-35-31-27-24-20-18-17-19-21-25-29-33-37-41-45-49-60-54(59)48-44-40-36-32-28-23-16-14-12-10-8-6-4-2/h8,10,14,16-17,19,25,29,51-52,56-57H,3-7,9,11-13,15,18,20-24,26-28,30-50H2,1-2H3,(H,55,58)/b10-8-,16-14-,19-17-,29-25-. The molecule has 0 saturated heterocycles. The first-order chi connectivity index (χ1) is 29.5. The Balaban J connectivity index is 3.52. The van der Waals surface area contributed by atoms with Crippen LogP contribution in [0.3, 0.4) is 0 Å². The number of allylic oxidation sites excluding steroid dienone is 8. The van der Waals surface area contributed by atoms with Gasteiger partial charge in [-0.2, -0.15) is 0 Å². The van der Waals surface area contributed by atoms with Crippen LogP contribution in [0, 0.1) is 0 Å². The Morgan fingerprint density at radius 3 is 1.33 bits per heavy atom. The molecule has 350 valence electrons. The zero-order valence-electron chi connectivity index (χ0n) is 39.7. The highest BCUT2D eigenvalue weighted by molar-refractivity contribution is 5.76. The van der Waals surface area contributed by atoms with Crippen LogP contribution in [0.5, 0.6) is 0 Å². The molecule has 0 aliphatic carbocycles. The summed E-state index contributed by atoms with van der Waals surface area (Å²) in [6, 6.07) is -0.554. The number of carbonyl (C=O) groups is 2. The maximum Gasteiger partial charge on any atom is 0.305 e. The molecule has 1 amide bonds. The van der Waals surface area contributed by atoms with Crippen LogP contribution in [-0.4, -0.2) is 47.4 Å². The van der Waals surface area contributed by atoms with Gasteiger partial charge in [-0.25, -0.2) is 0 Å². The second-order valence-corrected chi connectivity index (χ2v) is 17.5. The molecule has 0 fully saturated rings. The van der Waals surface area contributed by atoms with Crippen molar-refractivity contribution in [3.63, 3.8) is 0 Å². The molecule has 0 saturated carbocycles. The van der Waals surface area contributed by atoms with Crippen molar-refractivity contribution in [3.05, 3.63) is 48.6 Å². The third-order valence-electron chi connectivity index (χ3n) is 11.6. The lowest BCUT2D eigenvalue weighted by Crippen LogP contribution is -2.45. The van der Waals surface area contributed by atoms with Crippen LogP contribution in [0.4, 0.5) is 0 Å². The van der Waals surface area contributed by atoms with E-state index in [1.807, 2.05) is 0 Å². The summed E-state index contributed by atoms with van der Waals surface area (Å²) < 4.78 is 5.43. The number of esters is 1. The molecule has 0 aromatic heterocycles. The van der Waals surface area contributed by atoms with Gasteiger partial charge >= 0.3 is 5.97 Å². The fraction of sp³-hybridized carbons (Fsp3) is 0.815. The van der Waals surface area contributed by atoms with Gasteiger partial charge < -0.3 is 20.3 Å². The number of aliphatic hydroxyl groups is 2. The molecule has 6 nitrogen and oxygen atoms in total. The lowest BCUT2D eigenvalue weighted by Gasteiger charge is -2.22. The van der Waals surface area contributed by atoms with E-state index in [1.165, 1.54) is 128 Å². The van der Waals surface area contributed by atoms with Gasteiger partial charge in [-0.15, -0.1) is 0 Å². The molecule has 6 heteroatoms. The first-order valence-electron chi connectivity index (χ1n) is 25.9. The predicted octanol–water partition coefficient (Wildman–Crippen LogP) is 15.5. The molecule has 0 aliphatic heterocycles. The normalized spacial score (nSPS) is 13.1. The van der Waals surface area contributed by atoms with Crippen LogP contribution in [0.1, 0.15) is 258 Å². The van der Waals surface area contributed by atoms with Gasteiger partial charge in [-0.1, -0.05) is 204 Å². The van der Waals surface area contributed by atoms with Crippen molar-refractivity contribution in [1.82, 2.24) is 5.32 Å². The Morgan fingerprint density at radius 1 is 0.467 bits per heavy atom. The quantitative estimate of drug-likeness (QED) is 0.0322. The number of aliphatic hydroxyl groups excluding tert-OH is 2. The summed E-state index contributed by atoms with van der Waals surface area (Å²) in [7, 11) is 0. The number of hydrogen-bond donors (Lipinski definition) is 3. The lowest BCUT2D eigenvalue weighted by molar-refractivity contribution is -0.143. The van der Waals surface area contributed by atoms with Gasteiger partial charge in [0.1, 0.15) is 0 Å². The number of hydrogen-bond acceptors (Lipinski definition) is 5. The van der Waals surface area contributed by atoms with Gasteiger partial charge in [0.25, 0.3) is 0 Å². The van der Waals surface area contributed by atoms with E-state index in [9.17, 15) is 19.8 Å². The number of carbonyl (C=O) groups excluding carboxylic acids is 2. The number of ether oxygens (including phenoxy) is 1. The molecule has 0 aliphatic rings. The van der Waals surface area contributed by atoms with Crippen LogP contribution in [-0.2, 0) is 14.3 Å². The average molecular weight is 842 g/mol. The monoisotopic (exact) mass is 842 g/mol. The molecule has 0 spiro atoms. The zero-order chi connectivity index (χ0) is 43.7. The maximum absolute atomic E-state index is 12.4. The summed E-state index contributed by atoms with van der Waals surface area (Å²) in [5, 5.41) is 23.2. The molecule has 0 bridgehead atoms. The molecule has 0 heterocycles. The molecule has 0 radical (unpaired) electrons. The largest absolute Gasteiger partial charge is 0.466 e. The van der Waals surface area contributed by atoms with Crippen LogP contribution in [0.2, 0.25) is 0 Å². The van der Waals surface area contributed by atoms with E-state index >= 15 is 0 Å². The number of nitrogens with one attached hydrogen (secondary N) is 1. The van der Waals surface area contributed by atoms with E-state index in [0.29, 0.717) is 25.9 Å². The van der Waals surface area contributed by atoms with Gasteiger partial charge in [0.15, 0.2) is 0 Å². The van der Waals surface area contributed by atoms with Gasteiger partial charge in [0.05, 0.1) is 25.4 Å². The Bertz CT molecular complexity index is 1020. The minimum absolute atomic E-state index is 0.0317. The van der Waals surface area contributed by atoms with Gasteiger partial charge in [0.2, 0.25) is 5.91 Å². The highest BCUT2D eigenvalue weighted by Crippen LogP contribution is 2.15. The first-order valence-corrected chi connectivity index (χ1v) is 25.9. The number of unbranched alkanes of at least 4 members (excludes halogenated alkanes) is 28. The van der Waals surface area contributed by atoms with Crippen LogP contribution >= 0.6 is 0 Å². The molecule has 3 N–H and O–H groups in total. The Hall–Kier alpha value is -2.18. The minimum Gasteiger partial charge on any atom is -0.466 e. The van der Waals surface area contributed by atoms with Crippen molar-refractivity contribution in [2.75, 3.05) is 13.2 Å². The van der Waals surface area contributed by atoms with E-state index in [0.717, 1.165) is 96.3 Å². The minimum atomic E-state index is -0.675.